The Balaban J connectivity index is 2.00. The van der Waals surface area contributed by atoms with Crippen LogP contribution in [0.2, 0.25) is 0 Å². The number of piperazine rings is 1. The quantitative estimate of drug-likeness (QED) is 0.872. The number of hydrogen-bond donors (Lipinski definition) is 1. The third-order valence-electron chi connectivity index (χ3n) is 3.96. The van der Waals surface area contributed by atoms with Gasteiger partial charge < -0.3 is 14.8 Å². The molecule has 2 heterocycles. The van der Waals surface area contributed by atoms with Gasteiger partial charge in [-0.2, -0.15) is 0 Å². The number of hydrogen-bond acceptors (Lipinski definition) is 2. The Kier molecular flexibility index (Phi) is 3.41. The van der Waals surface area contributed by atoms with E-state index in [0.717, 1.165) is 18.7 Å². The molecule has 1 aliphatic rings. The zero-order valence-electron chi connectivity index (χ0n) is 12.0. The molecule has 6 heteroatoms. The Morgan fingerprint density at radius 2 is 2.00 bits per heavy atom. The van der Waals surface area contributed by atoms with Gasteiger partial charge in [-0.05, 0) is 19.1 Å². The monoisotopic (exact) mass is 293 g/mol. The summed E-state index contributed by atoms with van der Waals surface area (Å²) in [4.78, 5) is 14.4. The highest BCUT2D eigenvalue weighted by Gasteiger charge is 2.24. The third kappa shape index (κ3) is 2.40. The first kappa shape index (κ1) is 14.0. The molecule has 1 aromatic carbocycles. The van der Waals surface area contributed by atoms with Gasteiger partial charge in [0, 0.05) is 44.2 Å². The molecule has 0 radical (unpaired) electrons. The van der Waals surface area contributed by atoms with Crippen LogP contribution in [0, 0.1) is 11.6 Å². The average molecular weight is 293 g/mol. The first-order valence-corrected chi connectivity index (χ1v) is 6.94. The van der Waals surface area contributed by atoms with Crippen molar-refractivity contribution in [2.45, 2.75) is 13.0 Å². The smallest absolute Gasteiger partial charge is 0.270 e. The van der Waals surface area contributed by atoms with Gasteiger partial charge in [-0.25, -0.2) is 8.78 Å². The highest BCUT2D eigenvalue weighted by molar-refractivity contribution is 5.98. The maximum atomic E-state index is 13.4. The van der Waals surface area contributed by atoms with E-state index in [4.69, 9.17) is 0 Å². The van der Waals surface area contributed by atoms with E-state index in [-0.39, 0.29) is 11.9 Å². The molecule has 0 bridgehead atoms. The Morgan fingerprint density at radius 1 is 1.29 bits per heavy atom. The number of carbonyl (C=O) groups excluding carboxylic acids is 1. The van der Waals surface area contributed by atoms with Crippen molar-refractivity contribution in [3.8, 4) is 0 Å². The van der Waals surface area contributed by atoms with Crippen LogP contribution in [-0.2, 0) is 7.05 Å². The summed E-state index contributed by atoms with van der Waals surface area (Å²) in [5, 5.41) is 3.81. The van der Waals surface area contributed by atoms with Crippen LogP contribution in [0.15, 0.2) is 18.2 Å². The molecule has 0 saturated carbocycles. The fourth-order valence-electron chi connectivity index (χ4n) is 2.82. The Bertz CT molecular complexity index is 710. The van der Waals surface area contributed by atoms with Gasteiger partial charge in [-0.3, -0.25) is 4.79 Å². The number of aromatic nitrogens is 1. The van der Waals surface area contributed by atoms with E-state index in [9.17, 15) is 13.6 Å². The average Bonchev–Trinajstić information content (AvgIpc) is 2.76. The second-order valence-electron chi connectivity index (χ2n) is 5.52. The summed E-state index contributed by atoms with van der Waals surface area (Å²) in [5.74, 6) is -1.91. The number of benzene rings is 1. The molecule has 1 N–H and O–H groups in total. The van der Waals surface area contributed by atoms with Gasteiger partial charge in [0.05, 0.1) is 5.52 Å². The molecule has 1 atom stereocenters. The molecule has 0 spiro atoms. The number of halogens is 2. The maximum Gasteiger partial charge on any atom is 0.270 e. The van der Waals surface area contributed by atoms with E-state index in [1.54, 1.807) is 22.6 Å². The van der Waals surface area contributed by atoms with Crippen LogP contribution in [-0.4, -0.2) is 41.1 Å². The van der Waals surface area contributed by atoms with E-state index in [1.165, 1.54) is 0 Å². The fraction of sp³-hybridized carbons (Fsp3) is 0.400. The van der Waals surface area contributed by atoms with E-state index in [0.29, 0.717) is 29.7 Å². The minimum absolute atomic E-state index is 0.108. The molecule has 2 aromatic rings. The summed E-state index contributed by atoms with van der Waals surface area (Å²) in [7, 11) is 1.69. The fourth-order valence-corrected chi connectivity index (χ4v) is 2.82. The van der Waals surface area contributed by atoms with E-state index >= 15 is 0 Å². The molecular formula is C15H17F2N3O. The summed E-state index contributed by atoms with van der Waals surface area (Å²) >= 11 is 0. The van der Waals surface area contributed by atoms with Crippen molar-refractivity contribution < 1.29 is 13.6 Å². The minimum atomic E-state index is -0.904. The predicted octanol–water partition coefficient (Wildman–Crippen LogP) is 1.89. The number of carbonyl (C=O) groups is 1. The second-order valence-corrected chi connectivity index (χ2v) is 5.52. The molecule has 21 heavy (non-hydrogen) atoms. The Labute approximate surface area is 121 Å². The normalized spacial score (nSPS) is 19.2. The summed E-state index contributed by atoms with van der Waals surface area (Å²) in [6.07, 6.45) is 0. The number of rotatable bonds is 1. The van der Waals surface area contributed by atoms with Gasteiger partial charge in [0.15, 0.2) is 11.6 Å². The van der Waals surface area contributed by atoms with Crippen molar-refractivity contribution in [2.75, 3.05) is 19.6 Å². The number of aryl methyl sites for hydroxylation is 1. The molecule has 4 nitrogen and oxygen atoms in total. The molecular weight excluding hydrogens is 276 g/mol. The first-order valence-electron chi connectivity index (χ1n) is 6.94. The summed E-state index contributed by atoms with van der Waals surface area (Å²) < 4.78 is 28.3. The van der Waals surface area contributed by atoms with Crippen molar-refractivity contribution >= 4 is 16.8 Å². The summed E-state index contributed by atoms with van der Waals surface area (Å²) in [6, 6.07) is 4.11. The molecule has 1 fully saturated rings. The molecule has 1 amide bonds. The molecule has 112 valence electrons. The topological polar surface area (TPSA) is 37.3 Å². The van der Waals surface area contributed by atoms with Gasteiger partial charge in [-0.1, -0.05) is 0 Å². The zero-order valence-corrected chi connectivity index (χ0v) is 12.0. The van der Waals surface area contributed by atoms with Gasteiger partial charge in [0.25, 0.3) is 5.91 Å². The van der Waals surface area contributed by atoms with Crippen LogP contribution in [0.25, 0.3) is 10.9 Å². The second kappa shape index (κ2) is 5.11. The largest absolute Gasteiger partial charge is 0.340 e. The lowest BCUT2D eigenvalue weighted by atomic mass is 10.2. The van der Waals surface area contributed by atoms with Crippen LogP contribution < -0.4 is 5.32 Å². The van der Waals surface area contributed by atoms with E-state index in [1.807, 2.05) is 6.92 Å². The molecule has 1 aromatic heterocycles. The first-order chi connectivity index (χ1) is 9.97. The Hall–Kier alpha value is -1.95. The lowest BCUT2D eigenvalue weighted by molar-refractivity contribution is 0.0700. The predicted molar refractivity (Wildman–Crippen MR) is 76.2 cm³/mol. The summed E-state index contributed by atoms with van der Waals surface area (Å²) in [5.41, 5.74) is 0.963. The van der Waals surface area contributed by atoms with Gasteiger partial charge in [0.1, 0.15) is 5.69 Å². The Morgan fingerprint density at radius 3 is 2.71 bits per heavy atom. The van der Waals surface area contributed by atoms with Crippen LogP contribution >= 0.6 is 0 Å². The third-order valence-corrected chi connectivity index (χ3v) is 3.96. The van der Waals surface area contributed by atoms with Gasteiger partial charge in [-0.15, -0.1) is 0 Å². The van der Waals surface area contributed by atoms with Crippen molar-refractivity contribution in [3.05, 3.63) is 35.5 Å². The van der Waals surface area contributed by atoms with Crippen molar-refractivity contribution in [2.24, 2.45) is 7.05 Å². The van der Waals surface area contributed by atoms with Crippen LogP contribution in [0.4, 0.5) is 8.78 Å². The molecule has 0 unspecified atom stereocenters. The lowest BCUT2D eigenvalue weighted by Gasteiger charge is -2.31. The number of nitrogens with one attached hydrogen (secondary N) is 1. The van der Waals surface area contributed by atoms with Crippen molar-refractivity contribution in [3.63, 3.8) is 0 Å². The molecule has 3 rings (SSSR count). The number of amides is 1. The zero-order chi connectivity index (χ0) is 15.1. The minimum Gasteiger partial charge on any atom is -0.340 e. The molecule has 1 saturated heterocycles. The van der Waals surface area contributed by atoms with Crippen molar-refractivity contribution in [1.82, 2.24) is 14.8 Å². The molecule has 0 aliphatic carbocycles. The van der Waals surface area contributed by atoms with Crippen LogP contribution in [0.1, 0.15) is 17.4 Å². The van der Waals surface area contributed by atoms with E-state index < -0.39 is 11.6 Å². The standard InChI is InChI=1S/C15H17F2N3O/c1-9-8-20(4-3-18-9)15(21)14-6-10-5-11(16)12(17)7-13(10)19(14)2/h5-7,9,18H,3-4,8H2,1-2H3/t9-/m1/s1. The maximum absolute atomic E-state index is 13.4. The van der Waals surface area contributed by atoms with Gasteiger partial charge >= 0.3 is 0 Å². The van der Waals surface area contributed by atoms with Crippen molar-refractivity contribution in [1.29, 1.82) is 0 Å². The van der Waals surface area contributed by atoms with Gasteiger partial charge in [0.2, 0.25) is 0 Å². The number of fused-ring (bicyclic) bond motifs is 1. The molecule has 1 aliphatic heterocycles. The number of nitrogens with zero attached hydrogens (tertiary/aromatic N) is 2. The lowest BCUT2D eigenvalue weighted by Crippen LogP contribution is -2.51. The highest BCUT2D eigenvalue weighted by Crippen LogP contribution is 2.23. The summed E-state index contributed by atoms with van der Waals surface area (Å²) in [6.45, 7) is 4.03. The van der Waals surface area contributed by atoms with E-state index in [2.05, 4.69) is 5.32 Å². The highest BCUT2D eigenvalue weighted by atomic mass is 19.2. The SMILES string of the molecule is C[C@@H]1CN(C(=O)c2cc3cc(F)c(F)cc3n2C)CCN1. The van der Waals surface area contributed by atoms with Crippen LogP contribution in [0.3, 0.4) is 0 Å². The van der Waals surface area contributed by atoms with Crippen LogP contribution in [0.5, 0.6) is 0 Å².